The van der Waals surface area contributed by atoms with E-state index in [1.807, 2.05) is 35.7 Å². The second-order valence-corrected chi connectivity index (χ2v) is 6.70. The first-order chi connectivity index (χ1) is 10.1. The Morgan fingerprint density at radius 1 is 1.38 bits per heavy atom. The van der Waals surface area contributed by atoms with Gasteiger partial charge in [-0.05, 0) is 41.3 Å². The van der Waals surface area contributed by atoms with Crippen molar-refractivity contribution in [1.29, 1.82) is 0 Å². The molecule has 0 saturated heterocycles. The van der Waals surface area contributed by atoms with Gasteiger partial charge in [0.05, 0.1) is 0 Å². The number of aliphatic carboxylic acids is 1. The van der Waals surface area contributed by atoms with Crippen LogP contribution in [0.4, 0.5) is 0 Å². The molecule has 4 heteroatoms. The molecule has 0 aliphatic heterocycles. The second kappa shape index (κ2) is 5.62. The van der Waals surface area contributed by atoms with Crippen LogP contribution >= 0.6 is 11.3 Å². The van der Waals surface area contributed by atoms with Crippen molar-refractivity contribution in [3.8, 4) is 0 Å². The van der Waals surface area contributed by atoms with E-state index in [9.17, 15) is 9.90 Å². The number of carbonyl (C=O) groups is 1. The van der Waals surface area contributed by atoms with Crippen molar-refractivity contribution in [2.24, 2.45) is 0 Å². The van der Waals surface area contributed by atoms with E-state index < -0.39 is 11.5 Å². The monoisotopic (exact) mass is 301 g/mol. The molecule has 1 aromatic heterocycles. The van der Waals surface area contributed by atoms with Crippen molar-refractivity contribution in [1.82, 2.24) is 5.32 Å². The van der Waals surface area contributed by atoms with E-state index in [-0.39, 0.29) is 0 Å². The van der Waals surface area contributed by atoms with Crippen molar-refractivity contribution >= 4 is 17.3 Å². The SMILES string of the molecule is CC1CCC(NCc2cccs2)(C(=O)O)c2ccccc21. The summed E-state index contributed by atoms with van der Waals surface area (Å²) < 4.78 is 0. The van der Waals surface area contributed by atoms with E-state index in [4.69, 9.17) is 0 Å². The van der Waals surface area contributed by atoms with E-state index in [0.29, 0.717) is 18.9 Å². The fourth-order valence-electron chi connectivity index (χ4n) is 3.17. The highest BCUT2D eigenvalue weighted by Gasteiger charge is 2.44. The molecule has 2 atom stereocenters. The molecule has 0 bridgehead atoms. The number of carboxylic acid groups (broad SMARTS) is 1. The molecule has 0 fully saturated rings. The number of nitrogens with one attached hydrogen (secondary N) is 1. The first kappa shape index (κ1) is 14.3. The molecule has 0 radical (unpaired) electrons. The van der Waals surface area contributed by atoms with Gasteiger partial charge in [0.15, 0.2) is 0 Å². The number of rotatable bonds is 4. The van der Waals surface area contributed by atoms with E-state index in [0.717, 1.165) is 22.4 Å². The average molecular weight is 301 g/mol. The Balaban J connectivity index is 1.98. The van der Waals surface area contributed by atoms with Crippen LogP contribution < -0.4 is 5.32 Å². The smallest absolute Gasteiger partial charge is 0.328 e. The number of carboxylic acids is 1. The number of fused-ring (bicyclic) bond motifs is 1. The summed E-state index contributed by atoms with van der Waals surface area (Å²) in [5, 5.41) is 15.2. The van der Waals surface area contributed by atoms with Crippen molar-refractivity contribution in [2.75, 3.05) is 0 Å². The minimum absolute atomic E-state index is 0.414. The Morgan fingerprint density at radius 3 is 2.90 bits per heavy atom. The van der Waals surface area contributed by atoms with Crippen molar-refractivity contribution in [3.05, 3.63) is 57.8 Å². The van der Waals surface area contributed by atoms with Gasteiger partial charge in [0.2, 0.25) is 0 Å². The number of thiophene rings is 1. The van der Waals surface area contributed by atoms with Gasteiger partial charge in [-0.3, -0.25) is 5.32 Å². The van der Waals surface area contributed by atoms with Crippen LogP contribution in [0, 0.1) is 0 Å². The second-order valence-electron chi connectivity index (χ2n) is 5.67. The van der Waals surface area contributed by atoms with Gasteiger partial charge in [-0.15, -0.1) is 11.3 Å². The van der Waals surface area contributed by atoms with Crippen LogP contribution in [-0.2, 0) is 16.9 Å². The Morgan fingerprint density at radius 2 is 2.19 bits per heavy atom. The third-order valence-electron chi connectivity index (χ3n) is 4.41. The third-order valence-corrected chi connectivity index (χ3v) is 5.29. The summed E-state index contributed by atoms with van der Waals surface area (Å²) in [5.41, 5.74) is 1.12. The molecule has 3 nitrogen and oxygen atoms in total. The van der Waals surface area contributed by atoms with Crippen LogP contribution in [0.5, 0.6) is 0 Å². The van der Waals surface area contributed by atoms with Crippen LogP contribution in [0.15, 0.2) is 41.8 Å². The van der Waals surface area contributed by atoms with Gasteiger partial charge in [0.25, 0.3) is 0 Å². The molecule has 2 aromatic rings. The maximum Gasteiger partial charge on any atom is 0.328 e. The highest BCUT2D eigenvalue weighted by molar-refractivity contribution is 7.09. The Hall–Kier alpha value is -1.65. The Kier molecular flexibility index (Phi) is 3.83. The van der Waals surface area contributed by atoms with Gasteiger partial charge in [0, 0.05) is 11.4 Å². The van der Waals surface area contributed by atoms with Crippen LogP contribution in [0.25, 0.3) is 0 Å². The molecule has 0 spiro atoms. The molecule has 2 N–H and O–H groups in total. The number of hydrogen-bond donors (Lipinski definition) is 2. The standard InChI is InChI=1S/C17H19NO2S/c1-12-8-9-17(16(19)20,15-7-3-2-6-14(12)15)18-11-13-5-4-10-21-13/h2-7,10,12,18H,8-9,11H2,1H3,(H,19,20). The van der Waals surface area contributed by atoms with Crippen molar-refractivity contribution in [2.45, 2.75) is 37.8 Å². The van der Waals surface area contributed by atoms with Crippen molar-refractivity contribution < 1.29 is 9.90 Å². The van der Waals surface area contributed by atoms with Gasteiger partial charge >= 0.3 is 5.97 Å². The summed E-state index contributed by atoms with van der Waals surface area (Å²) in [4.78, 5) is 13.2. The zero-order valence-electron chi connectivity index (χ0n) is 12.0. The molecule has 2 unspecified atom stereocenters. The normalized spacial score (nSPS) is 24.5. The molecule has 3 rings (SSSR count). The van der Waals surface area contributed by atoms with Crippen LogP contribution in [0.2, 0.25) is 0 Å². The van der Waals surface area contributed by atoms with Gasteiger partial charge in [-0.2, -0.15) is 0 Å². The zero-order valence-corrected chi connectivity index (χ0v) is 12.8. The molecular formula is C17H19NO2S. The van der Waals surface area contributed by atoms with Gasteiger partial charge in [0.1, 0.15) is 5.54 Å². The quantitative estimate of drug-likeness (QED) is 0.905. The Bertz CT molecular complexity index is 638. The summed E-state index contributed by atoms with van der Waals surface area (Å²) in [5.74, 6) is -0.365. The topological polar surface area (TPSA) is 49.3 Å². The average Bonchev–Trinajstić information content (AvgIpc) is 3.00. The largest absolute Gasteiger partial charge is 0.480 e. The van der Waals surface area contributed by atoms with Crippen LogP contribution in [0.1, 0.15) is 41.7 Å². The highest BCUT2D eigenvalue weighted by atomic mass is 32.1. The lowest BCUT2D eigenvalue weighted by Gasteiger charge is -2.38. The fraction of sp³-hybridized carbons (Fsp3) is 0.353. The summed E-state index contributed by atoms with van der Waals surface area (Å²) >= 11 is 1.65. The molecule has 1 heterocycles. The van der Waals surface area contributed by atoms with Gasteiger partial charge < -0.3 is 5.11 Å². The van der Waals surface area contributed by atoms with E-state index >= 15 is 0 Å². The minimum Gasteiger partial charge on any atom is -0.480 e. The molecule has 1 aromatic carbocycles. The first-order valence-electron chi connectivity index (χ1n) is 7.24. The molecule has 21 heavy (non-hydrogen) atoms. The Labute approximate surface area is 128 Å². The first-order valence-corrected chi connectivity index (χ1v) is 8.11. The summed E-state index contributed by atoms with van der Waals surface area (Å²) in [6, 6.07) is 12.0. The molecule has 110 valence electrons. The minimum atomic E-state index is -0.965. The molecule has 0 amide bonds. The third kappa shape index (κ3) is 2.49. The lowest BCUT2D eigenvalue weighted by molar-refractivity contribution is -0.146. The fourth-order valence-corrected chi connectivity index (χ4v) is 3.82. The molecule has 1 aliphatic carbocycles. The number of hydrogen-bond acceptors (Lipinski definition) is 3. The number of benzene rings is 1. The van der Waals surface area contributed by atoms with E-state index in [1.165, 1.54) is 0 Å². The highest BCUT2D eigenvalue weighted by Crippen LogP contribution is 2.41. The van der Waals surface area contributed by atoms with Gasteiger partial charge in [-0.25, -0.2) is 4.79 Å². The zero-order chi connectivity index (χ0) is 14.9. The summed E-state index contributed by atoms with van der Waals surface area (Å²) in [6.45, 7) is 2.76. The molecular weight excluding hydrogens is 282 g/mol. The predicted molar refractivity (Wildman–Crippen MR) is 84.6 cm³/mol. The summed E-state index contributed by atoms with van der Waals surface area (Å²) in [6.07, 6.45) is 1.52. The van der Waals surface area contributed by atoms with Crippen LogP contribution in [-0.4, -0.2) is 11.1 Å². The molecule has 1 aliphatic rings. The van der Waals surface area contributed by atoms with Crippen LogP contribution in [0.3, 0.4) is 0 Å². The molecule has 0 saturated carbocycles. The maximum atomic E-state index is 12.0. The lowest BCUT2D eigenvalue weighted by atomic mass is 9.72. The van der Waals surface area contributed by atoms with Crippen molar-refractivity contribution in [3.63, 3.8) is 0 Å². The maximum absolute atomic E-state index is 12.0. The van der Waals surface area contributed by atoms with Gasteiger partial charge in [-0.1, -0.05) is 37.3 Å². The van der Waals surface area contributed by atoms with E-state index in [2.05, 4.69) is 18.3 Å². The summed E-state index contributed by atoms with van der Waals surface area (Å²) in [7, 11) is 0. The predicted octanol–water partition coefficient (Wildman–Crippen LogP) is 3.72. The lowest BCUT2D eigenvalue weighted by Crippen LogP contribution is -2.51. The van der Waals surface area contributed by atoms with E-state index in [1.54, 1.807) is 11.3 Å².